The number of aliphatic hydroxyl groups excluding tert-OH is 1. The van der Waals surface area contributed by atoms with Crippen molar-refractivity contribution in [2.75, 3.05) is 14.1 Å². The highest BCUT2D eigenvalue weighted by Gasteiger charge is 2.29. The van der Waals surface area contributed by atoms with Crippen LogP contribution in [-0.2, 0) is 0 Å². The van der Waals surface area contributed by atoms with Gasteiger partial charge in [0, 0.05) is 18.5 Å². The SMILES string of the molecule is CC(C)C[C@@H]([C@H](O)C1C=NN=C1)N(C)C. The second-order valence-electron chi connectivity index (χ2n) is 4.76. The Balaban J connectivity index is 2.62. The van der Waals surface area contributed by atoms with Gasteiger partial charge in [-0.2, -0.15) is 10.2 Å². The highest BCUT2D eigenvalue weighted by atomic mass is 16.3. The minimum atomic E-state index is -0.419. The molecule has 1 aliphatic rings. The second-order valence-corrected chi connectivity index (χ2v) is 4.76. The summed E-state index contributed by atoms with van der Waals surface area (Å²) >= 11 is 0. The van der Waals surface area contributed by atoms with E-state index in [1.807, 2.05) is 14.1 Å². The van der Waals surface area contributed by atoms with E-state index in [1.54, 1.807) is 12.4 Å². The van der Waals surface area contributed by atoms with Crippen LogP contribution >= 0.6 is 0 Å². The van der Waals surface area contributed by atoms with Gasteiger partial charge in [0.15, 0.2) is 0 Å². The maximum absolute atomic E-state index is 10.2. The lowest BCUT2D eigenvalue weighted by molar-refractivity contribution is 0.0573. The fourth-order valence-corrected chi connectivity index (χ4v) is 1.84. The average molecular weight is 211 g/mol. The maximum Gasteiger partial charge on any atom is 0.0823 e. The van der Waals surface area contributed by atoms with Gasteiger partial charge in [-0.3, -0.25) is 0 Å². The summed E-state index contributed by atoms with van der Waals surface area (Å²) in [7, 11) is 4.00. The fraction of sp³-hybridized carbons (Fsp3) is 0.818. The van der Waals surface area contributed by atoms with Crippen LogP contribution in [0, 0.1) is 11.8 Å². The Labute approximate surface area is 91.7 Å². The standard InChI is InChI=1S/C11H21N3O/c1-8(2)5-10(14(3)4)11(15)9-6-12-13-7-9/h6-11,15H,5H2,1-4H3/t10-,11+/m0/s1. The third-order valence-corrected chi connectivity index (χ3v) is 2.71. The smallest absolute Gasteiger partial charge is 0.0823 e. The summed E-state index contributed by atoms with van der Waals surface area (Å²) in [5.41, 5.74) is 0. The van der Waals surface area contributed by atoms with Gasteiger partial charge < -0.3 is 10.0 Å². The van der Waals surface area contributed by atoms with E-state index in [1.165, 1.54) is 0 Å². The van der Waals surface area contributed by atoms with E-state index in [0.29, 0.717) is 5.92 Å². The molecule has 0 saturated heterocycles. The molecule has 2 atom stereocenters. The molecule has 0 aromatic carbocycles. The Hall–Kier alpha value is -0.740. The van der Waals surface area contributed by atoms with Gasteiger partial charge in [0.1, 0.15) is 0 Å². The van der Waals surface area contributed by atoms with E-state index in [2.05, 4.69) is 29.0 Å². The Morgan fingerprint density at radius 2 is 1.80 bits per heavy atom. The van der Waals surface area contributed by atoms with Gasteiger partial charge in [-0.25, -0.2) is 0 Å². The summed E-state index contributed by atoms with van der Waals surface area (Å²) < 4.78 is 0. The summed E-state index contributed by atoms with van der Waals surface area (Å²) in [6, 6.07) is 0.158. The van der Waals surface area contributed by atoms with Gasteiger partial charge in [-0.15, -0.1) is 0 Å². The molecule has 0 aromatic rings. The van der Waals surface area contributed by atoms with Crippen molar-refractivity contribution in [1.82, 2.24) is 4.90 Å². The van der Waals surface area contributed by atoms with Gasteiger partial charge in [0.25, 0.3) is 0 Å². The maximum atomic E-state index is 10.2. The minimum Gasteiger partial charge on any atom is -0.390 e. The molecule has 1 heterocycles. The highest BCUT2D eigenvalue weighted by molar-refractivity contribution is 5.87. The van der Waals surface area contributed by atoms with Gasteiger partial charge in [0.05, 0.1) is 12.0 Å². The number of rotatable bonds is 5. The molecule has 0 aliphatic carbocycles. The van der Waals surface area contributed by atoms with E-state index in [4.69, 9.17) is 0 Å². The molecule has 0 fully saturated rings. The molecule has 1 aliphatic heterocycles. The van der Waals surface area contributed by atoms with Crippen LogP contribution in [0.25, 0.3) is 0 Å². The number of aliphatic hydroxyl groups is 1. The molecule has 86 valence electrons. The van der Waals surface area contributed by atoms with Gasteiger partial charge in [0.2, 0.25) is 0 Å². The molecule has 0 amide bonds. The number of hydrogen-bond acceptors (Lipinski definition) is 4. The first-order chi connectivity index (χ1) is 7.02. The summed E-state index contributed by atoms with van der Waals surface area (Å²) in [4.78, 5) is 2.07. The van der Waals surface area contributed by atoms with Crippen LogP contribution in [0.3, 0.4) is 0 Å². The molecule has 0 aromatic heterocycles. The topological polar surface area (TPSA) is 48.2 Å². The first kappa shape index (κ1) is 12.3. The van der Waals surface area contributed by atoms with Crippen molar-refractivity contribution in [3.05, 3.63) is 0 Å². The molecule has 0 unspecified atom stereocenters. The van der Waals surface area contributed by atoms with Crippen molar-refractivity contribution < 1.29 is 5.11 Å². The lowest BCUT2D eigenvalue weighted by Gasteiger charge is -2.31. The summed E-state index contributed by atoms with van der Waals surface area (Å²) in [6.07, 6.45) is 3.98. The molecule has 4 heteroatoms. The molecule has 15 heavy (non-hydrogen) atoms. The van der Waals surface area contributed by atoms with Crippen molar-refractivity contribution in [1.29, 1.82) is 0 Å². The molecule has 0 spiro atoms. The van der Waals surface area contributed by atoms with Gasteiger partial charge >= 0.3 is 0 Å². The molecule has 1 rings (SSSR count). The quantitative estimate of drug-likeness (QED) is 0.738. The number of likely N-dealkylation sites (N-methyl/N-ethyl adjacent to an activating group) is 1. The Morgan fingerprint density at radius 3 is 2.20 bits per heavy atom. The first-order valence-electron chi connectivity index (χ1n) is 5.43. The van der Waals surface area contributed by atoms with E-state index in [0.717, 1.165) is 6.42 Å². The molecular formula is C11H21N3O. The summed E-state index contributed by atoms with van der Waals surface area (Å²) in [6.45, 7) is 4.33. The number of nitrogens with zero attached hydrogens (tertiary/aromatic N) is 3. The zero-order valence-electron chi connectivity index (χ0n) is 9.96. The van der Waals surface area contributed by atoms with Crippen LogP contribution in [0.1, 0.15) is 20.3 Å². The van der Waals surface area contributed by atoms with Crippen LogP contribution in [0.5, 0.6) is 0 Å². The largest absolute Gasteiger partial charge is 0.390 e. The zero-order valence-corrected chi connectivity index (χ0v) is 9.96. The first-order valence-corrected chi connectivity index (χ1v) is 5.43. The van der Waals surface area contributed by atoms with Gasteiger partial charge in [-0.05, 0) is 26.4 Å². The van der Waals surface area contributed by atoms with E-state index in [9.17, 15) is 5.11 Å². The molecule has 0 bridgehead atoms. The molecule has 0 radical (unpaired) electrons. The van der Waals surface area contributed by atoms with Crippen LogP contribution in [0.4, 0.5) is 0 Å². The lowest BCUT2D eigenvalue weighted by atomic mass is 9.91. The highest BCUT2D eigenvalue weighted by Crippen LogP contribution is 2.18. The summed E-state index contributed by atoms with van der Waals surface area (Å²) in [5, 5.41) is 17.7. The fourth-order valence-electron chi connectivity index (χ4n) is 1.84. The predicted octanol–water partition coefficient (Wildman–Crippen LogP) is 1.01. The molecular weight excluding hydrogens is 190 g/mol. The van der Waals surface area contributed by atoms with E-state index in [-0.39, 0.29) is 12.0 Å². The Bertz CT molecular complexity index is 236. The third-order valence-electron chi connectivity index (χ3n) is 2.71. The van der Waals surface area contributed by atoms with Crippen molar-refractivity contribution in [2.24, 2.45) is 22.0 Å². The third kappa shape index (κ3) is 3.39. The van der Waals surface area contributed by atoms with Crippen molar-refractivity contribution in [2.45, 2.75) is 32.4 Å². The summed E-state index contributed by atoms with van der Waals surface area (Å²) in [5.74, 6) is 0.540. The van der Waals surface area contributed by atoms with Crippen molar-refractivity contribution in [3.63, 3.8) is 0 Å². The normalized spacial score (nSPS) is 20.5. The van der Waals surface area contributed by atoms with E-state index >= 15 is 0 Å². The molecule has 1 N–H and O–H groups in total. The van der Waals surface area contributed by atoms with Gasteiger partial charge in [-0.1, -0.05) is 13.8 Å². The van der Waals surface area contributed by atoms with Crippen molar-refractivity contribution in [3.8, 4) is 0 Å². The molecule has 0 saturated carbocycles. The Morgan fingerprint density at radius 1 is 1.27 bits per heavy atom. The lowest BCUT2D eigenvalue weighted by Crippen LogP contribution is -2.44. The zero-order chi connectivity index (χ0) is 11.4. The number of hydrogen-bond donors (Lipinski definition) is 1. The van der Waals surface area contributed by atoms with Crippen LogP contribution in [-0.4, -0.2) is 48.7 Å². The van der Waals surface area contributed by atoms with Crippen LogP contribution < -0.4 is 0 Å². The van der Waals surface area contributed by atoms with Crippen LogP contribution in [0.15, 0.2) is 10.2 Å². The van der Waals surface area contributed by atoms with Crippen LogP contribution in [0.2, 0.25) is 0 Å². The Kier molecular flexibility index (Phi) is 4.42. The molecule has 4 nitrogen and oxygen atoms in total. The minimum absolute atomic E-state index is 0.0313. The average Bonchev–Trinajstić information content (AvgIpc) is 2.65. The predicted molar refractivity (Wildman–Crippen MR) is 63.4 cm³/mol. The monoisotopic (exact) mass is 211 g/mol. The second kappa shape index (κ2) is 5.37. The van der Waals surface area contributed by atoms with Crippen molar-refractivity contribution >= 4 is 12.4 Å². The van der Waals surface area contributed by atoms with E-state index < -0.39 is 6.10 Å².